The molecular formula is C41H27N3OS. The average molecular weight is 610 g/mol. The van der Waals surface area contributed by atoms with Crippen LogP contribution in [0.4, 0.5) is 0 Å². The SMILES string of the molecule is CC1CC=Cc2c1c1ccccc1n2-c1ccc2oc3c(-c4cccc(-c5cccc6c5sc5ccccc56)c4)ncnc3c2c1. The van der Waals surface area contributed by atoms with E-state index >= 15 is 0 Å². The van der Waals surface area contributed by atoms with Gasteiger partial charge in [0.05, 0.1) is 5.52 Å². The Kier molecular flexibility index (Phi) is 5.46. The van der Waals surface area contributed by atoms with Crippen molar-refractivity contribution in [1.29, 1.82) is 0 Å². The van der Waals surface area contributed by atoms with Crippen LogP contribution in [0.15, 0.2) is 126 Å². The Morgan fingerprint density at radius 2 is 1.59 bits per heavy atom. The van der Waals surface area contributed by atoms with Crippen LogP contribution in [-0.2, 0) is 0 Å². The van der Waals surface area contributed by atoms with Gasteiger partial charge in [-0.15, -0.1) is 11.3 Å². The number of hydrogen-bond acceptors (Lipinski definition) is 4. The third-order valence-corrected chi connectivity index (χ3v) is 10.8. The Bertz CT molecular complexity index is 2710. The number of hydrogen-bond donors (Lipinski definition) is 0. The molecule has 1 aliphatic rings. The minimum Gasteiger partial charge on any atom is -0.452 e. The smallest absolute Gasteiger partial charge is 0.180 e. The molecule has 0 bridgehead atoms. The van der Waals surface area contributed by atoms with Crippen molar-refractivity contribution in [2.75, 3.05) is 0 Å². The van der Waals surface area contributed by atoms with E-state index in [1.54, 1.807) is 6.33 Å². The second-order valence-electron chi connectivity index (χ2n) is 12.2. The molecule has 9 aromatic rings. The standard InChI is InChI=1S/C41H27N3OS/c1-24-9-6-17-34-37(24)31-13-2-4-16-33(31)44(34)27-19-20-35-32(22-27)39-40(45-35)38(42-23-43-39)26-11-7-10-25(21-26)28-14-8-15-30-29-12-3-5-18-36(29)46-41(28)30/h2-8,10-24H,9H2,1H3. The van der Waals surface area contributed by atoms with E-state index in [1.807, 2.05) is 11.3 Å². The molecule has 0 N–H and O–H groups in total. The molecule has 1 unspecified atom stereocenters. The van der Waals surface area contributed by atoms with Crippen molar-refractivity contribution < 1.29 is 4.42 Å². The molecule has 5 heteroatoms. The predicted molar refractivity (Wildman–Crippen MR) is 192 cm³/mol. The van der Waals surface area contributed by atoms with Gasteiger partial charge >= 0.3 is 0 Å². The fraction of sp³-hybridized carbons (Fsp3) is 0.0732. The summed E-state index contributed by atoms with van der Waals surface area (Å²) in [5.41, 5.74) is 11.5. The van der Waals surface area contributed by atoms with E-state index in [2.05, 4.69) is 133 Å². The van der Waals surface area contributed by atoms with Gasteiger partial charge in [0.1, 0.15) is 23.1 Å². The third kappa shape index (κ3) is 3.66. The van der Waals surface area contributed by atoms with E-state index in [-0.39, 0.29) is 0 Å². The minimum atomic E-state index is 0.474. The van der Waals surface area contributed by atoms with Gasteiger partial charge < -0.3 is 8.98 Å². The summed E-state index contributed by atoms with van der Waals surface area (Å²) in [5.74, 6) is 0.474. The van der Waals surface area contributed by atoms with Crippen LogP contribution >= 0.6 is 11.3 Å². The van der Waals surface area contributed by atoms with Crippen molar-refractivity contribution in [3.05, 3.63) is 133 Å². The molecule has 0 amide bonds. The normalized spacial score (nSPS) is 14.7. The van der Waals surface area contributed by atoms with Crippen molar-refractivity contribution >= 4 is 70.6 Å². The zero-order valence-corrected chi connectivity index (χ0v) is 25.9. The van der Waals surface area contributed by atoms with Gasteiger partial charge in [0.15, 0.2) is 5.58 Å². The first-order chi connectivity index (χ1) is 22.7. The van der Waals surface area contributed by atoms with Crippen LogP contribution in [0.1, 0.15) is 30.5 Å². The highest BCUT2D eigenvalue weighted by Crippen LogP contribution is 2.43. The van der Waals surface area contributed by atoms with Crippen molar-refractivity contribution in [2.24, 2.45) is 0 Å². The Balaban J connectivity index is 1.13. The molecular weight excluding hydrogens is 583 g/mol. The lowest BCUT2D eigenvalue weighted by Gasteiger charge is -2.16. The number of fused-ring (bicyclic) bond motifs is 9. The summed E-state index contributed by atoms with van der Waals surface area (Å²) in [6, 6.07) is 39.1. The fourth-order valence-corrected chi connectivity index (χ4v) is 8.70. The zero-order chi connectivity index (χ0) is 30.4. The van der Waals surface area contributed by atoms with Gasteiger partial charge in [0.2, 0.25) is 0 Å². The van der Waals surface area contributed by atoms with E-state index in [0.717, 1.165) is 45.4 Å². The highest BCUT2D eigenvalue weighted by Gasteiger charge is 2.24. The number of para-hydroxylation sites is 1. The van der Waals surface area contributed by atoms with E-state index in [9.17, 15) is 0 Å². The number of allylic oxidation sites excluding steroid dienone is 1. The van der Waals surface area contributed by atoms with Crippen LogP contribution < -0.4 is 0 Å². The molecule has 4 aromatic heterocycles. The molecule has 1 atom stereocenters. The lowest BCUT2D eigenvalue weighted by atomic mass is 9.91. The Hall–Kier alpha value is -5.52. The van der Waals surface area contributed by atoms with Crippen LogP contribution in [-0.4, -0.2) is 14.5 Å². The summed E-state index contributed by atoms with van der Waals surface area (Å²) >= 11 is 1.85. The van der Waals surface area contributed by atoms with Gasteiger partial charge in [0, 0.05) is 47.9 Å². The number of furan rings is 1. The first-order valence-electron chi connectivity index (χ1n) is 15.7. The summed E-state index contributed by atoms with van der Waals surface area (Å²) in [6.07, 6.45) is 7.30. The van der Waals surface area contributed by atoms with E-state index in [1.165, 1.54) is 47.9 Å². The molecule has 10 rings (SSSR count). The molecule has 1 aliphatic carbocycles. The monoisotopic (exact) mass is 609 g/mol. The Morgan fingerprint density at radius 3 is 2.54 bits per heavy atom. The third-order valence-electron chi connectivity index (χ3n) is 9.55. The van der Waals surface area contributed by atoms with Gasteiger partial charge in [-0.25, -0.2) is 9.97 Å². The molecule has 0 spiro atoms. The molecule has 0 saturated heterocycles. The first-order valence-corrected chi connectivity index (χ1v) is 16.5. The number of rotatable bonds is 3. The minimum absolute atomic E-state index is 0.474. The van der Waals surface area contributed by atoms with Crippen molar-refractivity contribution in [1.82, 2.24) is 14.5 Å². The molecule has 5 aromatic carbocycles. The summed E-state index contributed by atoms with van der Waals surface area (Å²) in [4.78, 5) is 9.53. The van der Waals surface area contributed by atoms with E-state index in [4.69, 9.17) is 14.4 Å². The van der Waals surface area contributed by atoms with Crippen molar-refractivity contribution in [3.63, 3.8) is 0 Å². The molecule has 0 saturated carbocycles. The first kappa shape index (κ1) is 25.8. The lowest BCUT2D eigenvalue weighted by Crippen LogP contribution is -2.02. The second-order valence-corrected chi connectivity index (χ2v) is 13.3. The number of nitrogens with zero attached hydrogens (tertiary/aromatic N) is 3. The molecule has 46 heavy (non-hydrogen) atoms. The quantitative estimate of drug-likeness (QED) is 0.200. The predicted octanol–water partition coefficient (Wildman–Crippen LogP) is 11.5. The van der Waals surface area contributed by atoms with E-state index < -0.39 is 0 Å². The van der Waals surface area contributed by atoms with Gasteiger partial charge in [-0.2, -0.15) is 0 Å². The highest BCUT2D eigenvalue weighted by molar-refractivity contribution is 7.26. The topological polar surface area (TPSA) is 43.9 Å². The number of benzene rings is 5. The summed E-state index contributed by atoms with van der Waals surface area (Å²) in [5, 5.41) is 4.91. The Morgan fingerprint density at radius 1 is 0.761 bits per heavy atom. The molecule has 4 heterocycles. The molecule has 4 nitrogen and oxygen atoms in total. The van der Waals surface area contributed by atoms with Crippen LogP contribution in [0.5, 0.6) is 0 Å². The van der Waals surface area contributed by atoms with Gasteiger partial charge in [-0.1, -0.05) is 85.8 Å². The summed E-state index contributed by atoms with van der Waals surface area (Å²) < 4.78 is 11.5. The van der Waals surface area contributed by atoms with E-state index in [0.29, 0.717) is 11.5 Å². The van der Waals surface area contributed by atoms with Gasteiger partial charge in [-0.05, 0) is 71.5 Å². The van der Waals surface area contributed by atoms with Crippen LogP contribution in [0.3, 0.4) is 0 Å². The van der Waals surface area contributed by atoms with Gasteiger partial charge in [-0.3, -0.25) is 0 Å². The maximum atomic E-state index is 6.54. The average Bonchev–Trinajstić information content (AvgIpc) is 3.78. The van der Waals surface area contributed by atoms with Crippen LogP contribution in [0.2, 0.25) is 0 Å². The summed E-state index contributed by atoms with van der Waals surface area (Å²) in [6.45, 7) is 2.32. The summed E-state index contributed by atoms with van der Waals surface area (Å²) in [7, 11) is 0. The maximum Gasteiger partial charge on any atom is 0.180 e. The largest absolute Gasteiger partial charge is 0.452 e. The van der Waals surface area contributed by atoms with Crippen molar-refractivity contribution in [3.8, 4) is 28.1 Å². The number of thiophene rings is 1. The lowest BCUT2D eigenvalue weighted by molar-refractivity contribution is 0.667. The highest BCUT2D eigenvalue weighted by atomic mass is 32.1. The maximum absolute atomic E-state index is 6.54. The number of aromatic nitrogens is 3. The molecule has 0 radical (unpaired) electrons. The van der Waals surface area contributed by atoms with Crippen LogP contribution in [0, 0.1) is 0 Å². The second kappa shape index (κ2) is 9.74. The van der Waals surface area contributed by atoms with Gasteiger partial charge in [0.25, 0.3) is 0 Å². The van der Waals surface area contributed by atoms with Crippen molar-refractivity contribution in [2.45, 2.75) is 19.3 Å². The zero-order valence-electron chi connectivity index (χ0n) is 25.1. The molecule has 218 valence electrons. The van der Waals surface area contributed by atoms with Crippen LogP contribution in [0.25, 0.3) is 87.3 Å². The molecule has 0 aliphatic heterocycles. The fourth-order valence-electron chi connectivity index (χ4n) is 7.46. The molecule has 0 fully saturated rings. The Labute approximate surface area is 268 Å².